The highest BCUT2D eigenvalue weighted by Crippen LogP contribution is 2.32. The van der Waals surface area contributed by atoms with Crippen molar-refractivity contribution < 1.29 is 14.0 Å². The van der Waals surface area contributed by atoms with Gasteiger partial charge >= 0.3 is 0 Å². The number of para-hydroxylation sites is 2. The number of benzene rings is 2. The molecule has 0 aromatic heterocycles. The Morgan fingerprint density at radius 1 is 1.00 bits per heavy atom. The molecule has 2 amide bonds. The minimum Gasteiger partial charge on any atom is -0.367 e. The van der Waals surface area contributed by atoms with Crippen LogP contribution in [0.25, 0.3) is 0 Å². The Balaban J connectivity index is 1.26. The van der Waals surface area contributed by atoms with E-state index in [0.29, 0.717) is 18.7 Å². The molecule has 0 spiro atoms. The molecule has 6 nitrogen and oxygen atoms in total. The van der Waals surface area contributed by atoms with Gasteiger partial charge in [0.15, 0.2) is 0 Å². The molecule has 0 aliphatic carbocycles. The van der Waals surface area contributed by atoms with Gasteiger partial charge in [0.05, 0.1) is 5.69 Å². The number of amides is 2. The van der Waals surface area contributed by atoms with Crippen LogP contribution in [0.2, 0.25) is 0 Å². The van der Waals surface area contributed by atoms with E-state index in [2.05, 4.69) is 15.1 Å². The molecule has 2 aromatic rings. The van der Waals surface area contributed by atoms with Gasteiger partial charge in [0, 0.05) is 58.3 Å². The molecule has 2 aliphatic rings. The summed E-state index contributed by atoms with van der Waals surface area (Å²) in [4.78, 5) is 30.8. The molecule has 2 aliphatic heterocycles. The third kappa shape index (κ3) is 4.16. The Labute approximate surface area is 176 Å². The first-order chi connectivity index (χ1) is 14.5. The minimum absolute atomic E-state index is 0.119. The Morgan fingerprint density at radius 3 is 2.37 bits per heavy atom. The van der Waals surface area contributed by atoms with E-state index >= 15 is 0 Å². The molecule has 1 fully saturated rings. The quantitative estimate of drug-likeness (QED) is 0.820. The molecule has 4 rings (SSSR count). The van der Waals surface area contributed by atoms with Gasteiger partial charge in [0.1, 0.15) is 11.9 Å². The van der Waals surface area contributed by atoms with E-state index in [1.165, 1.54) is 13.0 Å². The molecule has 7 heteroatoms. The normalized spacial score (nSPS) is 18.9. The lowest BCUT2D eigenvalue weighted by Crippen LogP contribution is -2.51. The zero-order valence-electron chi connectivity index (χ0n) is 17.2. The maximum atomic E-state index is 14.0. The van der Waals surface area contributed by atoms with Crippen molar-refractivity contribution in [1.82, 2.24) is 10.2 Å². The molecule has 158 valence electrons. The standard InChI is InChI=1S/C23H27FN4O2/c1-17(29)28-20-8-4-2-6-18(20)16-22(28)23(30)25-10-11-26-12-14-27(15-13-26)21-9-5-3-7-19(21)24/h2-9,22H,10-16H2,1H3,(H,25,30)/t22-/m1/s1. The molecular formula is C23H27FN4O2. The Morgan fingerprint density at radius 2 is 1.67 bits per heavy atom. The average Bonchev–Trinajstić information content (AvgIpc) is 3.15. The second kappa shape index (κ2) is 8.83. The Bertz CT molecular complexity index is 927. The van der Waals surface area contributed by atoms with Gasteiger partial charge in [-0.3, -0.25) is 19.4 Å². The van der Waals surface area contributed by atoms with Crippen LogP contribution < -0.4 is 15.1 Å². The van der Waals surface area contributed by atoms with E-state index < -0.39 is 6.04 Å². The number of rotatable bonds is 5. The van der Waals surface area contributed by atoms with Gasteiger partial charge in [-0.2, -0.15) is 0 Å². The molecular weight excluding hydrogens is 383 g/mol. The van der Waals surface area contributed by atoms with E-state index in [0.717, 1.165) is 44.0 Å². The second-order valence-corrected chi connectivity index (χ2v) is 7.81. The fourth-order valence-electron chi connectivity index (χ4n) is 4.36. The molecule has 1 atom stereocenters. The van der Waals surface area contributed by atoms with Gasteiger partial charge in [-0.15, -0.1) is 0 Å². The number of carbonyl (C=O) groups is 2. The molecule has 1 N–H and O–H groups in total. The van der Waals surface area contributed by atoms with Crippen LogP contribution >= 0.6 is 0 Å². The van der Waals surface area contributed by atoms with Crippen LogP contribution in [0.1, 0.15) is 12.5 Å². The largest absolute Gasteiger partial charge is 0.367 e. The highest BCUT2D eigenvalue weighted by molar-refractivity contribution is 6.02. The van der Waals surface area contributed by atoms with Gasteiger partial charge < -0.3 is 10.2 Å². The number of hydrogen-bond acceptors (Lipinski definition) is 4. The summed E-state index contributed by atoms with van der Waals surface area (Å²) >= 11 is 0. The van der Waals surface area contributed by atoms with Crippen molar-refractivity contribution >= 4 is 23.2 Å². The van der Waals surface area contributed by atoms with Crippen LogP contribution in [0.5, 0.6) is 0 Å². The zero-order chi connectivity index (χ0) is 21.1. The maximum Gasteiger partial charge on any atom is 0.243 e. The van der Waals surface area contributed by atoms with Crippen LogP contribution in [0.15, 0.2) is 48.5 Å². The summed E-state index contributed by atoms with van der Waals surface area (Å²) in [6.45, 7) is 5.90. The molecule has 2 heterocycles. The van der Waals surface area contributed by atoms with Crippen LogP contribution in [0.4, 0.5) is 15.8 Å². The topological polar surface area (TPSA) is 55.9 Å². The number of halogens is 1. The van der Waals surface area contributed by atoms with Crippen molar-refractivity contribution in [2.75, 3.05) is 49.1 Å². The van der Waals surface area contributed by atoms with E-state index in [1.54, 1.807) is 11.0 Å². The zero-order valence-corrected chi connectivity index (χ0v) is 17.2. The third-order valence-corrected chi connectivity index (χ3v) is 5.91. The SMILES string of the molecule is CC(=O)N1c2ccccc2C[C@@H]1C(=O)NCCN1CCN(c2ccccc2F)CC1. The highest BCUT2D eigenvalue weighted by atomic mass is 19.1. The monoisotopic (exact) mass is 410 g/mol. The van der Waals surface area contributed by atoms with Crippen molar-refractivity contribution in [3.05, 3.63) is 59.9 Å². The molecule has 0 bridgehead atoms. The van der Waals surface area contributed by atoms with Crippen molar-refractivity contribution in [3.8, 4) is 0 Å². The molecule has 0 unspecified atom stereocenters. The van der Waals surface area contributed by atoms with Crippen LogP contribution in [0.3, 0.4) is 0 Å². The summed E-state index contributed by atoms with van der Waals surface area (Å²) in [5.41, 5.74) is 2.50. The predicted molar refractivity (Wildman–Crippen MR) is 115 cm³/mol. The Hall–Kier alpha value is -2.93. The third-order valence-electron chi connectivity index (χ3n) is 5.91. The number of anilines is 2. The van der Waals surface area contributed by atoms with Crippen LogP contribution in [-0.2, 0) is 16.0 Å². The number of hydrogen-bond donors (Lipinski definition) is 1. The summed E-state index contributed by atoms with van der Waals surface area (Å²) in [7, 11) is 0. The molecule has 0 saturated carbocycles. The molecule has 30 heavy (non-hydrogen) atoms. The van der Waals surface area contributed by atoms with Gasteiger partial charge in [0.2, 0.25) is 11.8 Å². The molecule has 1 saturated heterocycles. The number of piperazine rings is 1. The summed E-state index contributed by atoms with van der Waals surface area (Å²) in [5.74, 6) is -0.429. The summed E-state index contributed by atoms with van der Waals surface area (Å²) in [6.07, 6.45) is 0.545. The van der Waals surface area contributed by atoms with Crippen LogP contribution in [0, 0.1) is 5.82 Å². The fraction of sp³-hybridized carbons (Fsp3) is 0.391. The second-order valence-electron chi connectivity index (χ2n) is 7.81. The lowest BCUT2D eigenvalue weighted by molar-refractivity contribution is -0.125. The van der Waals surface area contributed by atoms with Crippen molar-refractivity contribution in [3.63, 3.8) is 0 Å². The summed E-state index contributed by atoms with van der Waals surface area (Å²) < 4.78 is 14.0. The molecule has 0 radical (unpaired) electrons. The lowest BCUT2D eigenvalue weighted by atomic mass is 10.1. The minimum atomic E-state index is -0.488. The first kappa shape index (κ1) is 20.3. The van der Waals surface area contributed by atoms with Gasteiger partial charge in [-0.25, -0.2) is 4.39 Å². The van der Waals surface area contributed by atoms with E-state index in [4.69, 9.17) is 0 Å². The Kier molecular flexibility index (Phi) is 5.99. The number of nitrogens with one attached hydrogen (secondary N) is 1. The average molecular weight is 410 g/mol. The first-order valence-electron chi connectivity index (χ1n) is 10.4. The first-order valence-corrected chi connectivity index (χ1v) is 10.4. The number of nitrogens with zero attached hydrogens (tertiary/aromatic N) is 3. The van der Waals surface area contributed by atoms with E-state index in [9.17, 15) is 14.0 Å². The van der Waals surface area contributed by atoms with Gasteiger partial charge in [0.25, 0.3) is 0 Å². The fourth-order valence-corrected chi connectivity index (χ4v) is 4.36. The smallest absolute Gasteiger partial charge is 0.243 e. The van der Waals surface area contributed by atoms with Gasteiger partial charge in [-0.1, -0.05) is 30.3 Å². The van der Waals surface area contributed by atoms with E-state index in [-0.39, 0.29) is 17.6 Å². The van der Waals surface area contributed by atoms with Crippen molar-refractivity contribution in [2.24, 2.45) is 0 Å². The number of carbonyl (C=O) groups excluding carboxylic acids is 2. The maximum absolute atomic E-state index is 14.0. The molecule has 2 aromatic carbocycles. The van der Waals surface area contributed by atoms with Gasteiger partial charge in [-0.05, 0) is 23.8 Å². The summed E-state index contributed by atoms with van der Waals surface area (Å²) in [6, 6.07) is 14.0. The predicted octanol–water partition coefficient (Wildman–Crippen LogP) is 2.04. The van der Waals surface area contributed by atoms with Crippen molar-refractivity contribution in [2.45, 2.75) is 19.4 Å². The number of fused-ring (bicyclic) bond motifs is 1. The van der Waals surface area contributed by atoms with Crippen molar-refractivity contribution in [1.29, 1.82) is 0 Å². The lowest BCUT2D eigenvalue weighted by Gasteiger charge is -2.36. The summed E-state index contributed by atoms with van der Waals surface area (Å²) in [5, 5.41) is 3.00. The highest BCUT2D eigenvalue weighted by Gasteiger charge is 2.36. The van der Waals surface area contributed by atoms with Crippen LogP contribution in [-0.4, -0.2) is 62.0 Å². The van der Waals surface area contributed by atoms with E-state index in [1.807, 2.05) is 36.4 Å².